The minimum absolute atomic E-state index is 0.296. The number of hydrogen-bond donors (Lipinski definition) is 2. The van der Waals surface area contributed by atoms with Crippen LogP contribution in [0.5, 0.6) is 0 Å². The second-order valence-corrected chi connectivity index (χ2v) is 5.41. The first kappa shape index (κ1) is 14.7. The number of halogens is 1. The molecule has 1 aromatic heterocycles. The summed E-state index contributed by atoms with van der Waals surface area (Å²) in [4.78, 5) is 16.3. The lowest BCUT2D eigenvalue weighted by Crippen LogP contribution is -2.12. The van der Waals surface area contributed by atoms with E-state index in [9.17, 15) is 4.79 Å². The number of carbonyl (C=O) groups is 1. The molecule has 0 radical (unpaired) electrons. The number of benzene rings is 1. The van der Waals surface area contributed by atoms with E-state index in [-0.39, 0.29) is 0 Å². The largest absolute Gasteiger partial charge is 0.366 e. The van der Waals surface area contributed by atoms with E-state index in [1.807, 2.05) is 18.4 Å². The summed E-state index contributed by atoms with van der Waals surface area (Å²) in [6.07, 6.45) is 3.45. The Labute approximate surface area is 126 Å². The van der Waals surface area contributed by atoms with Gasteiger partial charge in [0.25, 0.3) is 0 Å². The highest BCUT2D eigenvalue weighted by Gasteiger charge is 2.06. The third kappa shape index (κ3) is 3.65. The molecule has 0 fully saturated rings. The molecule has 1 heterocycles. The molecule has 4 nitrogen and oxygen atoms in total. The second kappa shape index (κ2) is 6.63. The highest BCUT2D eigenvalue weighted by molar-refractivity contribution is 7.98. The number of thioether (sulfide) groups is 1. The topological polar surface area (TPSA) is 68.0 Å². The number of hydrogen-bond acceptors (Lipinski definition) is 4. The fourth-order valence-electron chi connectivity index (χ4n) is 1.63. The van der Waals surface area contributed by atoms with Gasteiger partial charge in [0.2, 0.25) is 5.91 Å². The molecule has 2 aromatic rings. The quantitative estimate of drug-likeness (QED) is 0.833. The number of primary amides is 1. The van der Waals surface area contributed by atoms with Crippen LogP contribution in [0.4, 0.5) is 5.82 Å². The van der Waals surface area contributed by atoms with E-state index in [0.717, 1.165) is 5.56 Å². The van der Waals surface area contributed by atoms with Gasteiger partial charge in [-0.15, -0.1) is 11.8 Å². The predicted octanol–water partition coefficient (Wildman–Crippen LogP) is 3.17. The number of amides is 1. The van der Waals surface area contributed by atoms with Crippen LogP contribution in [0.15, 0.2) is 41.4 Å². The van der Waals surface area contributed by atoms with Crippen LogP contribution in [0.25, 0.3) is 0 Å². The Hall–Kier alpha value is -1.72. The van der Waals surface area contributed by atoms with Gasteiger partial charge in [-0.2, -0.15) is 0 Å². The summed E-state index contributed by atoms with van der Waals surface area (Å²) in [6.45, 7) is 0.608. The molecule has 6 heteroatoms. The van der Waals surface area contributed by atoms with Crippen LogP contribution in [0, 0.1) is 0 Å². The Morgan fingerprint density at radius 1 is 1.40 bits per heavy atom. The van der Waals surface area contributed by atoms with Gasteiger partial charge in [-0.25, -0.2) is 4.98 Å². The van der Waals surface area contributed by atoms with Crippen molar-refractivity contribution in [3.63, 3.8) is 0 Å². The number of pyridine rings is 1. The first-order chi connectivity index (χ1) is 9.60. The lowest BCUT2D eigenvalue weighted by atomic mass is 10.2. The third-order valence-electron chi connectivity index (χ3n) is 2.74. The molecule has 104 valence electrons. The molecule has 0 spiro atoms. The summed E-state index contributed by atoms with van der Waals surface area (Å²) >= 11 is 7.75. The Balaban J connectivity index is 2.04. The minimum atomic E-state index is -0.543. The van der Waals surface area contributed by atoms with Gasteiger partial charge in [-0.3, -0.25) is 4.79 Å². The molecule has 2 rings (SSSR count). The summed E-state index contributed by atoms with van der Waals surface area (Å²) in [5.74, 6) is -0.00999. The minimum Gasteiger partial charge on any atom is -0.366 e. The molecular weight excluding hydrogens is 294 g/mol. The average molecular weight is 308 g/mol. The number of rotatable bonds is 5. The number of nitrogens with one attached hydrogen (secondary N) is 1. The average Bonchev–Trinajstić information content (AvgIpc) is 2.46. The van der Waals surface area contributed by atoms with Crippen molar-refractivity contribution in [1.82, 2.24) is 4.98 Å². The van der Waals surface area contributed by atoms with Crippen molar-refractivity contribution in [2.75, 3.05) is 11.6 Å². The smallest absolute Gasteiger partial charge is 0.250 e. The van der Waals surface area contributed by atoms with Gasteiger partial charge in [0.1, 0.15) is 5.82 Å². The molecule has 1 aromatic carbocycles. The van der Waals surface area contributed by atoms with Crippen molar-refractivity contribution in [2.24, 2.45) is 5.73 Å². The Morgan fingerprint density at radius 2 is 2.10 bits per heavy atom. The van der Waals surface area contributed by atoms with Gasteiger partial charge in [0.15, 0.2) is 0 Å². The molecular formula is C14H14ClN3OS. The van der Waals surface area contributed by atoms with E-state index in [4.69, 9.17) is 17.3 Å². The van der Waals surface area contributed by atoms with E-state index in [1.54, 1.807) is 11.8 Å². The fraction of sp³-hybridized carbons (Fsp3) is 0.143. The first-order valence-corrected chi connectivity index (χ1v) is 7.52. The van der Waals surface area contributed by atoms with Crippen molar-refractivity contribution in [3.05, 3.63) is 52.7 Å². The number of nitrogens with zero attached hydrogens (tertiary/aromatic N) is 1. The molecule has 0 saturated carbocycles. The van der Waals surface area contributed by atoms with Crippen LogP contribution in [0.3, 0.4) is 0 Å². The maximum absolute atomic E-state index is 11.0. The molecule has 0 unspecified atom stereocenters. The third-order valence-corrected chi connectivity index (χ3v) is 3.78. The summed E-state index contributed by atoms with van der Waals surface area (Å²) in [5.41, 5.74) is 6.59. The van der Waals surface area contributed by atoms with E-state index in [1.165, 1.54) is 17.2 Å². The van der Waals surface area contributed by atoms with Crippen LogP contribution in [-0.2, 0) is 6.54 Å². The molecule has 1 amide bonds. The summed E-state index contributed by atoms with van der Waals surface area (Å²) in [5, 5.41) is 3.51. The highest BCUT2D eigenvalue weighted by atomic mass is 35.5. The van der Waals surface area contributed by atoms with Crippen molar-refractivity contribution in [3.8, 4) is 0 Å². The van der Waals surface area contributed by atoms with Gasteiger partial charge in [0, 0.05) is 17.6 Å². The van der Waals surface area contributed by atoms with Crippen molar-refractivity contribution in [1.29, 1.82) is 0 Å². The second-order valence-electron chi connectivity index (χ2n) is 4.12. The van der Waals surface area contributed by atoms with Crippen LogP contribution in [0.2, 0.25) is 5.02 Å². The number of nitrogens with two attached hydrogens (primary N) is 1. The number of carbonyl (C=O) groups excluding carboxylic acids is 1. The van der Waals surface area contributed by atoms with Gasteiger partial charge in [0.05, 0.1) is 10.6 Å². The summed E-state index contributed by atoms with van der Waals surface area (Å²) in [6, 6.07) is 9.73. The van der Waals surface area contributed by atoms with E-state index in [0.29, 0.717) is 22.9 Å². The predicted molar refractivity (Wildman–Crippen MR) is 83.3 cm³/mol. The normalized spacial score (nSPS) is 10.3. The Kier molecular flexibility index (Phi) is 4.87. The van der Waals surface area contributed by atoms with Crippen molar-refractivity contribution >= 4 is 35.1 Å². The Bertz CT molecular complexity index is 616. The molecule has 0 aliphatic heterocycles. The molecule has 0 saturated heterocycles. The van der Waals surface area contributed by atoms with E-state index in [2.05, 4.69) is 22.4 Å². The summed E-state index contributed by atoms with van der Waals surface area (Å²) in [7, 11) is 0. The summed E-state index contributed by atoms with van der Waals surface area (Å²) < 4.78 is 0. The SMILES string of the molecule is CSc1ccc(CNc2ncc(C(N)=O)cc2Cl)cc1. The van der Waals surface area contributed by atoms with Crippen molar-refractivity contribution < 1.29 is 4.79 Å². The molecule has 3 N–H and O–H groups in total. The van der Waals surface area contributed by atoms with Crippen LogP contribution in [-0.4, -0.2) is 17.1 Å². The zero-order valence-corrected chi connectivity index (χ0v) is 12.5. The lowest BCUT2D eigenvalue weighted by Gasteiger charge is -2.08. The maximum Gasteiger partial charge on any atom is 0.250 e. The molecule has 0 aliphatic carbocycles. The zero-order chi connectivity index (χ0) is 14.5. The van der Waals surface area contributed by atoms with Gasteiger partial charge < -0.3 is 11.1 Å². The monoisotopic (exact) mass is 307 g/mol. The molecule has 20 heavy (non-hydrogen) atoms. The van der Waals surface area contributed by atoms with Crippen LogP contribution < -0.4 is 11.1 Å². The van der Waals surface area contributed by atoms with Gasteiger partial charge in [-0.05, 0) is 30.0 Å². The highest BCUT2D eigenvalue weighted by Crippen LogP contribution is 2.21. The number of aromatic nitrogens is 1. The van der Waals surface area contributed by atoms with Crippen LogP contribution in [0.1, 0.15) is 15.9 Å². The molecule has 0 aliphatic rings. The fourth-order valence-corrected chi connectivity index (χ4v) is 2.27. The first-order valence-electron chi connectivity index (χ1n) is 5.92. The molecule has 0 bridgehead atoms. The van der Waals surface area contributed by atoms with Gasteiger partial charge in [-0.1, -0.05) is 23.7 Å². The lowest BCUT2D eigenvalue weighted by molar-refractivity contribution is 0.1000. The van der Waals surface area contributed by atoms with E-state index < -0.39 is 5.91 Å². The Morgan fingerprint density at radius 3 is 2.65 bits per heavy atom. The van der Waals surface area contributed by atoms with E-state index >= 15 is 0 Å². The molecule has 0 atom stereocenters. The zero-order valence-electron chi connectivity index (χ0n) is 10.9. The van der Waals surface area contributed by atoms with Gasteiger partial charge >= 0.3 is 0 Å². The van der Waals surface area contributed by atoms with Crippen molar-refractivity contribution in [2.45, 2.75) is 11.4 Å². The van der Waals surface area contributed by atoms with Crippen LogP contribution >= 0.6 is 23.4 Å². The maximum atomic E-state index is 11.0. The number of anilines is 1. The standard InChI is InChI=1S/C14H14ClN3OS/c1-20-11-4-2-9(3-5-11)7-17-14-12(15)6-10(8-18-14)13(16)19/h2-6,8H,7H2,1H3,(H2,16,19)(H,17,18).